The average molecular weight is 757 g/mol. The van der Waals surface area contributed by atoms with Crippen LogP contribution in [0.5, 0.6) is 0 Å². The molecule has 0 aromatic heterocycles. The Labute approximate surface area is 333 Å². The van der Waals surface area contributed by atoms with Gasteiger partial charge in [-0.05, 0) is 77.0 Å². The summed E-state index contributed by atoms with van der Waals surface area (Å²) in [4.78, 5) is 37.6. The molecule has 0 aliphatic heterocycles. The van der Waals surface area contributed by atoms with Crippen LogP contribution in [0.3, 0.4) is 0 Å². The van der Waals surface area contributed by atoms with Crippen molar-refractivity contribution in [2.75, 3.05) is 13.2 Å². The minimum absolute atomic E-state index is 0.0817. The molecule has 0 saturated heterocycles. The van der Waals surface area contributed by atoms with Crippen LogP contribution in [0.15, 0.2) is 48.6 Å². The number of hydrogen-bond acceptors (Lipinski definition) is 6. The summed E-state index contributed by atoms with van der Waals surface area (Å²) in [6.45, 7) is 6.44. The summed E-state index contributed by atoms with van der Waals surface area (Å²) in [5.74, 6) is -0.916. The number of carbonyl (C=O) groups excluding carboxylic acids is 3. The molecule has 6 heteroatoms. The quantitative estimate of drug-likeness (QED) is 0.0268. The topological polar surface area (TPSA) is 78.9 Å². The van der Waals surface area contributed by atoms with Crippen molar-refractivity contribution in [1.29, 1.82) is 0 Å². The molecule has 0 N–H and O–H groups in total. The predicted octanol–water partition coefficient (Wildman–Crippen LogP) is 14.4. The first-order valence-electron chi connectivity index (χ1n) is 22.6. The van der Waals surface area contributed by atoms with Gasteiger partial charge in [0.15, 0.2) is 6.10 Å². The van der Waals surface area contributed by atoms with Gasteiger partial charge in [0.05, 0.1) is 0 Å². The van der Waals surface area contributed by atoms with E-state index >= 15 is 0 Å². The maximum Gasteiger partial charge on any atom is 0.306 e. The first kappa shape index (κ1) is 51.4. The zero-order chi connectivity index (χ0) is 39.4. The Morgan fingerprint density at radius 3 is 1.15 bits per heavy atom. The fourth-order valence-electron chi connectivity index (χ4n) is 6.16. The van der Waals surface area contributed by atoms with Gasteiger partial charge in [-0.2, -0.15) is 0 Å². The smallest absolute Gasteiger partial charge is 0.306 e. The normalized spacial score (nSPS) is 12.4. The van der Waals surface area contributed by atoms with Crippen molar-refractivity contribution in [1.82, 2.24) is 0 Å². The van der Waals surface area contributed by atoms with E-state index in [4.69, 9.17) is 14.2 Å². The van der Waals surface area contributed by atoms with Gasteiger partial charge in [0, 0.05) is 19.3 Å². The second-order valence-electron chi connectivity index (χ2n) is 14.9. The molecule has 1 unspecified atom stereocenters. The fraction of sp³-hybridized carbons (Fsp3) is 0.771. The zero-order valence-electron chi connectivity index (χ0n) is 35.5. The second kappa shape index (κ2) is 43.1. The summed E-state index contributed by atoms with van der Waals surface area (Å²) in [7, 11) is 0. The van der Waals surface area contributed by atoms with E-state index in [1.165, 1.54) is 70.6 Å². The fourth-order valence-corrected chi connectivity index (χ4v) is 6.16. The molecular formula is C48H84O6. The van der Waals surface area contributed by atoms with Gasteiger partial charge in [-0.3, -0.25) is 14.4 Å². The number of hydrogen-bond donors (Lipinski definition) is 0. The summed E-state index contributed by atoms with van der Waals surface area (Å²) in [6, 6.07) is 0. The number of allylic oxidation sites excluding steroid dienone is 8. The summed E-state index contributed by atoms with van der Waals surface area (Å²) < 4.78 is 16.6. The van der Waals surface area contributed by atoms with Gasteiger partial charge in [0.1, 0.15) is 13.2 Å². The monoisotopic (exact) mass is 757 g/mol. The highest BCUT2D eigenvalue weighted by Gasteiger charge is 2.19. The minimum Gasteiger partial charge on any atom is -0.462 e. The number of unbranched alkanes of at least 4 members (excludes halogenated alkanes) is 21. The largest absolute Gasteiger partial charge is 0.462 e. The molecule has 0 saturated carbocycles. The molecule has 0 spiro atoms. The highest BCUT2D eigenvalue weighted by Crippen LogP contribution is 2.13. The van der Waals surface area contributed by atoms with Crippen molar-refractivity contribution in [3.63, 3.8) is 0 Å². The maximum atomic E-state index is 12.7. The Kier molecular flexibility index (Phi) is 41.0. The van der Waals surface area contributed by atoms with Crippen molar-refractivity contribution < 1.29 is 28.6 Å². The molecule has 312 valence electrons. The lowest BCUT2D eigenvalue weighted by atomic mass is 10.1. The molecule has 0 heterocycles. The number of rotatable bonds is 40. The van der Waals surface area contributed by atoms with E-state index in [-0.39, 0.29) is 31.1 Å². The van der Waals surface area contributed by atoms with Crippen molar-refractivity contribution in [3.8, 4) is 0 Å². The molecule has 0 aliphatic carbocycles. The Morgan fingerprint density at radius 1 is 0.389 bits per heavy atom. The van der Waals surface area contributed by atoms with Crippen LogP contribution in [-0.2, 0) is 28.6 Å². The van der Waals surface area contributed by atoms with E-state index < -0.39 is 6.10 Å². The molecule has 0 aromatic rings. The number of esters is 3. The van der Waals surface area contributed by atoms with E-state index in [1.54, 1.807) is 0 Å². The lowest BCUT2D eigenvalue weighted by Crippen LogP contribution is -2.30. The molecule has 0 aromatic carbocycles. The van der Waals surface area contributed by atoms with E-state index in [0.717, 1.165) is 109 Å². The molecule has 0 amide bonds. The number of carbonyl (C=O) groups is 3. The molecule has 0 aliphatic rings. The summed E-state index contributed by atoms with van der Waals surface area (Å²) in [6.07, 6.45) is 49.6. The molecule has 0 fully saturated rings. The third kappa shape index (κ3) is 40.6. The predicted molar refractivity (Wildman–Crippen MR) is 229 cm³/mol. The minimum atomic E-state index is -0.778. The third-order valence-electron chi connectivity index (χ3n) is 9.57. The molecule has 0 rings (SSSR count). The lowest BCUT2D eigenvalue weighted by molar-refractivity contribution is -0.167. The van der Waals surface area contributed by atoms with Gasteiger partial charge in [0.2, 0.25) is 0 Å². The van der Waals surface area contributed by atoms with Crippen LogP contribution in [-0.4, -0.2) is 37.2 Å². The Bertz CT molecular complexity index is 964. The average Bonchev–Trinajstić information content (AvgIpc) is 3.17. The van der Waals surface area contributed by atoms with Gasteiger partial charge in [0.25, 0.3) is 0 Å². The van der Waals surface area contributed by atoms with Crippen LogP contribution in [0.4, 0.5) is 0 Å². The molecular weight excluding hydrogens is 673 g/mol. The zero-order valence-corrected chi connectivity index (χ0v) is 35.5. The lowest BCUT2D eigenvalue weighted by Gasteiger charge is -2.18. The summed E-state index contributed by atoms with van der Waals surface area (Å²) >= 11 is 0. The van der Waals surface area contributed by atoms with Crippen molar-refractivity contribution >= 4 is 17.9 Å². The van der Waals surface area contributed by atoms with Crippen LogP contribution in [0, 0.1) is 0 Å². The van der Waals surface area contributed by atoms with E-state index in [2.05, 4.69) is 69.4 Å². The molecule has 6 nitrogen and oxygen atoms in total. The molecule has 54 heavy (non-hydrogen) atoms. The van der Waals surface area contributed by atoms with Crippen LogP contribution in [0.25, 0.3) is 0 Å². The van der Waals surface area contributed by atoms with E-state index in [0.29, 0.717) is 19.3 Å². The Hall–Kier alpha value is -2.63. The second-order valence-corrected chi connectivity index (χ2v) is 14.9. The maximum absolute atomic E-state index is 12.7. The van der Waals surface area contributed by atoms with Gasteiger partial charge >= 0.3 is 17.9 Å². The molecule has 0 radical (unpaired) electrons. The molecule has 0 bridgehead atoms. The van der Waals surface area contributed by atoms with Gasteiger partial charge in [-0.1, -0.05) is 172 Å². The highest BCUT2D eigenvalue weighted by molar-refractivity contribution is 5.71. The highest BCUT2D eigenvalue weighted by atomic mass is 16.6. The van der Waals surface area contributed by atoms with Crippen LogP contribution >= 0.6 is 0 Å². The Balaban J connectivity index is 4.35. The first-order valence-corrected chi connectivity index (χ1v) is 22.6. The van der Waals surface area contributed by atoms with Crippen molar-refractivity contribution in [2.24, 2.45) is 0 Å². The van der Waals surface area contributed by atoms with Crippen LogP contribution in [0.2, 0.25) is 0 Å². The SMILES string of the molecule is CC/C=C\C/C=C\C/C=C\CCCCCCCC(=O)OCC(COC(=O)CCCCCCCCC)OC(=O)CCCCCCC/C=C\CCCCCCC. The number of ether oxygens (including phenoxy) is 3. The van der Waals surface area contributed by atoms with Crippen LogP contribution < -0.4 is 0 Å². The van der Waals surface area contributed by atoms with E-state index in [9.17, 15) is 14.4 Å². The standard InChI is InChI=1S/C48H84O6/c1-4-7-10-13-16-18-20-22-24-26-27-29-32-35-38-41-47(50)53-44-45(43-52-46(49)40-37-34-31-15-12-9-6-3)54-48(51)42-39-36-33-30-28-25-23-21-19-17-14-11-8-5-2/h7,10,16,18,21-24,45H,4-6,8-9,11-15,17,19-20,25-44H2,1-3H3/b10-7-,18-16-,23-21-,24-22-. The van der Waals surface area contributed by atoms with Gasteiger partial charge in [-0.15, -0.1) is 0 Å². The third-order valence-corrected chi connectivity index (χ3v) is 9.57. The van der Waals surface area contributed by atoms with E-state index in [1.807, 2.05) is 0 Å². The van der Waals surface area contributed by atoms with Crippen LogP contribution in [0.1, 0.15) is 220 Å². The molecule has 1 atom stereocenters. The summed E-state index contributed by atoms with van der Waals surface area (Å²) in [5.41, 5.74) is 0. The van der Waals surface area contributed by atoms with Gasteiger partial charge in [-0.25, -0.2) is 0 Å². The van der Waals surface area contributed by atoms with Crippen molar-refractivity contribution in [3.05, 3.63) is 48.6 Å². The van der Waals surface area contributed by atoms with Gasteiger partial charge < -0.3 is 14.2 Å². The van der Waals surface area contributed by atoms with Crippen molar-refractivity contribution in [2.45, 2.75) is 226 Å². The first-order chi connectivity index (χ1) is 26.5. The summed E-state index contributed by atoms with van der Waals surface area (Å²) in [5, 5.41) is 0. The Morgan fingerprint density at radius 2 is 0.722 bits per heavy atom.